The molecule has 0 aliphatic rings. The minimum absolute atomic E-state index is 0.0301. The van der Waals surface area contributed by atoms with Crippen molar-refractivity contribution in [2.75, 3.05) is 17.2 Å². The zero-order chi connectivity index (χ0) is 21.2. The third kappa shape index (κ3) is 4.98. The van der Waals surface area contributed by atoms with Crippen molar-refractivity contribution in [2.24, 2.45) is 0 Å². The van der Waals surface area contributed by atoms with Crippen molar-refractivity contribution in [3.05, 3.63) is 52.5 Å². The highest BCUT2D eigenvalue weighted by Gasteiger charge is 2.18. The van der Waals surface area contributed by atoms with Gasteiger partial charge >= 0.3 is 0 Å². The van der Waals surface area contributed by atoms with Crippen LogP contribution in [-0.4, -0.2) is 43.0 Å². The highest BCUT2D eigenvalue weighted by molar-refractivity contribution is 5.93. The number of aliphatic hydroxyl groups is 2. The Bertz CT molecular complexity index is 1080. The molecule has 3 heterocycles. The van der Waals surface area contributed by atoms with Crippen molar-refractivity contribution in [3.63, 3.8) is 0 Å². The molecule has 3 aromatic rings. The normalized spacial score (nSPS) is 12.7. The second-order valence-electron chi connectivity index (χ2n) is 7.73. The Morgan fingerprint density at radius 1 is 1.34 bits per heavy atom. The number of aromatic nitrogens is 4. The van der Waals surface area contributed by atoms with E-state index in [0.717, 1.165) is 0 Å². The van der Waals surface area contributed by atoms with Gasteiger partial charge in [-0.1, -0.05) is 0 Å². The molecule has 0 amide bonds. The standard InChI is InChI=1S/C19H24N6O4/c1-19(2,3)23-17-16-12(4-6-24(18(16)28)9-13(27)11-26)8-14(22-17)21-15-10-25(29)7-5-20-15/h4-8,10,13,26-27H,9,11H2,1-3H3,(H2,20,21,22,23)/t13-/m0/s1. The summed E-state index contributed by atoms with van der Waals surface area (Å²) in [5, 5.41) is 37.4. The fraction of sp³-hybridized carbons (Fsp3) is 0.368. The molecular weight excluding hydrogens is 376 g/mol. The van der Waals surface area contributed by atoms with Gasteiger partial charge in [0.2, 0.25) is 6.20 Å². The van der Waals surface area contributed by atoms with Crippen molar-refractivity contribution in [1.29, 1.82) is 0 Å². The average molecular weight is 400 g/mol. The van der Waals surface area contributed by atoms with Crippen LogP contribution in [-0.2, 0) is 6.54 Å². The van der Waals surface area contributed by atoms with E-state index in [-0.39, 0.29) is 17.6 Å². The number of hydrogen-bond acceptors (Lipinski definition) is 8. The smallest absolute Gasteiger partial charge is 0.262 e. The predicted octanol–water partition coefficient (Wildman–Crippen LogP) is 0.732. The molecule has 0 bridgehead atoms. The Balaban J connectivity index is 2.12. The lowest BCUT2D eigenvalue weighted by Crippen LogP contribution is -2.31. The van der Waals surface area contributed by atoms with Gasteiger partial charge in [-0.3, -0.25) is 4.79 Å². The van der Waals surface area contributed by atoms with E-state index < -0.39 is 12.7 Å². The number of nitrogens with zero attached hydrogens (tertiary/aromatic N) is 4. The fourth-order valence-electron chi connectivity index (χ4n) is 2.81. The summed E-state index contributed by atoms with van der Waals surface area (Å²) in [6, 6.07) is 3.41. The van der Waals surface area contributed by atoms with Gasteiger partial charge in [-0.05, 0) is 38.3 Å². The van der Waals surface area contributed by atoms with Gasteiger partial charge in [0.05, 0.1) is 30.8 Å². The van der Waals surface area contributed by atoms with Gasteiger partial charge in [-0.2, -0.15) is 4.73 Å². The second kappa shape index (κ2) is 8.02. The van der Waals surface area contributed by atoms with Crippen LogP contribution in [0.4, 0.5) is 17.5 Å². The highest BCUT2D eigenvalue weighted by Crippen LogP contribution is 2.25. The van der Waals surface area contributed by atoms with Crippen LogP contribution in [0.1, 0.15) is 20.8 Å². The minimum atomic E-state index is -1.04. The van der Waals surface area contributed by atoms with Gasteiger partial charge in [0.25, 0.3) is 5.56 Å². The predicted molar refractivity (Wildman–Crippen MR) is 109 cm³/mol. The molecule has 0 saturated heterocycles. The molecule has 29 heavy (non-hydrogen) atoms. The largest absolute Gasteiger partial charge is 0.619 e. The van der Waals surface area contributed by atoms with Crippen LogP contribution >= 0.6 is 0 Å². The summed E-state index contributed by atoms with van der Waals surface area (Å²) in [4.78, 5) is 21.6. The van der Waals surface area contributed by atoms with E-state index in [2.05, 4.69) is 20.6 Å². The Hall–Kier alpha value is -3.24. The first-order valence-electron chi connectivity index (χ1n) is 9.09. The molecule has 3 aromatic heterocycles. The van der Waals surface area contributed by atoms with Crippen LogP contribution in [0.2, 0.25) is 0 Å². The molecule has 0 aliphatic carbocycles. The monoisotopic (exact) mass is 400 g/mol. The van der Waals surface area contributed by atoms with Crippen molar-refractivity contribution in [2.45, 2.75) is 39.0 Å². The Kier molecular flexibility index (Phi) is 5.66. The van der Waals surface area contributed by atoms with E-state index in [1.165, 1.54) is 23.2 Å². The summed E-state index contributed by atoms with van der Waals surface area (Å²) in [6.45, 7) is 5.35. The van der Waals surface area contributed by atoms with Crippen LogP contribution in [0, 0.1) is 5.21 Å². The van der Waals surface area contributed by atoms with Crippen molar-refractivity contribution < 1.29 is 14.9 Å². The number of hydrogen-bond donors (Lipinski definition) is 4. The number of fused-ring (bicyclic) bond motifs is 1. The summed E-state index contributed by atoms with van der Waals surface area (Å²) in [5.41, 5.74) is -0.713. The zero-order valence-corrected chi connectivity index (χ0v) is 16.5. The van der Waals surface area contributed by atoms with Gasteiger partial charge in [-0.15, -0.1) is 0 Å². The number of anilines is 3. The first kappa shape index (κ1) is 20.5. The van der Waals surface area contributed by atoms with Gasteiger partial charge in [0, 0.05) is 11.7 Å². The lowest BCUT2D eigenvalue weighted by Gasteiger charge is -2.23. The summed E-state index contributed by atoms with van der Waals surface area (Å²) >= 11 is 0. The number of pyridine rings is 2. The van der Waals surface area contributed by atoms with Gasteiger partial charge < -0.3 is 30.6 Å². The molecule has 0 aromatic carbocycles. The Morgan fingerprint density at radius 3 is 2.76 bits per heavy atom. The molecule has 10 nitrogen and oxygen atoms in total. The SMILES string of the molecule is CC(C)(C)Nc1nc(Nc2c[n+]([O-])ccn2)cc2ccn(C[C@H](O)CO)c(=O)c12. The minimum Gasteiger partial charge on any atom is -0.619 e. The van der Waals surface area contributed by atoms with E-state index in [1.807, 2.05) is 20.8 Å². The summed E-state index contributed by atoms with van der Waals surface area (Å²) in [7, 11) is 0. The molecule has 0 radical (unpaired) electrons. The molecule has 10 heteroatoms. The topological polar surface area (TPSA) is 139 Å². The van der Waals surface area contributed by atoms with Crippen molar-refractivity contribution in [3.8, 4) is 0 Å². The van der Waals surface area contributed by atoms with E-state index in [9.17, 15) is 15.1 Å². The maximum absolute atomic E-state index is 13.0. The Labute approximate surface area is 167 Å². The maximum Gasteiger partial charge on any atom is 0.262 e. The third-order valence-corrected chi connectivity index (χ3v) is 4.00. The first-order valence-corrected chi connectivity index (χ1v) is 9.09. The van der Waals surface area contributed by atoms with Crippen LogP contribution in [0.15, 0.2) is 41.7 Å². The molecule has 0 unspecified atom stereocenters. The molecule has 3 rings (SSSR count). The van der Waals surface area contributed by atoms with E-state index in [0.29, 0.717) is 33.0 Å². The van der Waals surface area contributed by atoms with Gasteiger partial charge in [0.1, 0.15) is 11.6 Å². The molecule has 0 spiro atoms. The van der Waals surface area contributed by atoms with Gasteiger partial charge in [-0.25, -0.2) is 9.97 Å². The first-order chi connectivity index (χ1) is 13.7. The fourth-order valence-corrected chi connectivity index (χ4v) is 2.81. The van der Waals surface area contributed by atoms with Crippen LogP contribution in [0.5, 0.6) is 0 Å². The molecule has 1 atom stereocenters. The van der Waals surface area contributed by atoms with Crippen molar-refractivity contribution in [1.82, 2.24) is 14.5 Å². The zero-order valence-electron chi connectivity index (χ0n) is 16.5. The molecule has 4 N–H and O–H groups in total. The molecule has 154 valence electrons. The van der Waals surface area contributed by atoms with Crippen LogP contribution in [0.25, 0.3) is 10.8 Å². The summed E-state index contributed by atoms with van der Waals surface area (Å²) in [6.07, 6.45) is 4.43. The van der Waals surface area contributed by atoms with Crippen LogP contribution < -0.4 is 20.9 Å². The lowest BCUT2D eigenvalue weighted by molar-refractivity contribution is -0.605. The van der Waals surface area contributed by atoms with E-state index >= 15 is 0 Å². The quantitative estimate of drug-likeness (QED) is 0.351. The molecular formula is C19H24N6O4. The highest BCUT2D eigenvalue weighted by atomic mass is 16.5. The number of nitrogens with one attached hydrogen (secondary N) is 2. The van der Waals surface area contributed by atoms with E-state index in [4.69, 9.17) is 5.11 Å². The van der Waals surface area contributed by atoms with Crippen LogP contribution in [0.3, 0.4) is 0 Å². The molecule has 0 fully saturated rings. The second-order valence-corrected chi connectivity index (χ2v) is 7.73. The number of aliphatic hydroxyl groups excluding tert-OH is 2. The molecule has 0 saturated carbocycles. The molecule has 0 aliphatic heterocycles. The van der Waals surface area contributed by atoms with Gasteiger partial charge in [0.15, 0.2) is 12.0 Å². The summed E-state index contributed by atoms with van der Waals surface area (Å²) < 4.78 is 1.96. The van der Waals surface area contributed by atoms with Crippen molar-refractivity contribution >= 4 is 28.2 Å². The summed E-state index contributed by atoms with van der Waals surface area (Å²) in [5.74, 6) is 1.09. The Morgan fingerprint density at radius 2 is 2.10 bits per heavy atom. The number of rotatable bonds is 6. The third-order valence-electron chi connectivity index (χ3n) is 4.00. The lowest BCUT2D eigenvalue weighted by atomic mass is 10.1. The maximum atomic E-state index is 13.0. The van der Waals surface area contributed by atoms with E-state index in [1.54, 1.807) is 18.3 Å². The average Bonchev–Trinajstić information content (AvgIpc) is 2.62.